The summed E-state index contributed by atoms with van der Waals surface area (Å²) in [6.45, 7) is 4.83. The van der Waals surface area contributed by atoms with Crippen LogP contribution in [-0.4, -0.2) is 37.3 Å². The molecule has 142 valence electrons. The van der Waals surface area contributed by atoms with Gasteiger partial charge in [-0.3, -0.25) is 4.90 Å². The van der Waals surface area contributed by atoms with Crippen molar-refractivity contribution in [3.8, 4) is 0 Å². The lowest BCUT2D eigenvalue weighted by atomic mass is 10.0. The Morgan fingerprint density at radius 3 is 2.81 bits per heavy atom. The molecular weight excluding hydrogens is 370 g/mol. The predicted octanol–water partition coefficient (Wildman–Crippen LogP) is 3.96. The molecule has 1 atom stereocenters. The number of aromatic nitrogens is 1. The molecular formula is C19H20ClN3O4. The maximum absolute atomic E-state index is 12.0. The average molecular weight is 390 g/mol. The summed E-state index contributed by atoms with van der Waals surface area (Å²) >= 11 is 5.90. The van der Waals surface area contributed by atoms with Gasteiger partial charge in [-0.15, -0.1) is 0 Å². The number of nitrogens with zero attached hydrogens (tertiary/aromatic N) is 2. The molecule has 1 unspecified atom stereocenters. The van der Waals surface area contributed by atoms with Crippen LogP contribution in [0.4, 0.5) is 16.2 Å². The van der Waals surface area contributed by atoms with Crippen LogP contribution < -0.4 is 10.2 Å². The van der Waals surface area contributed by atoms with Crippen molar-refractivity contribution in [2.45, 2.75) is 19.9 Å². The number of esters is 1. The van der Waals surface area contributed by atoms with Gasteiger partial charge >= 0.3 is 12.1 Å². The van der Waals surface area contributed by atoms with Crippen LogP contribution in [0.25, 0.3) is 0 Å². The number of hydrogen-bond donors (Lipinski definition) is 1. The van der Waals surface area contributed by atoms with E-state index in [4.69, 9.17) is 21.1 Å². The van der Waals surface area contributed by atoms with Crippen LogP contribution in [0.1, 0.15) is 34.6 Å². The van der Waals surface area contributed by atoms with Crippen molar-refractivity contribution >= 4 is 35.0 Å². The molecule has 1 aliphatic rings. The standard InChI is InChI=1S/C19H20ClN3O4/c1-11-8-13(10-14(9-11)23-6-7-27-19(23)25)12(2)21-15-4-5-16(20)22-17(15)18(24)26-3/h4-5,8-10,12,21H,6-7H2,1-3H3. The normalized spacial score (nSPS) is 14.7. The Balaban J connectivity index is 1.89. The number of rotatable bonds is 5. The Kier molecular flexibility index (Phi) is 5.51. The zero-order valence-electron chi connectivity index (χ0n) is 15.3. The fourth-order valence-electron chi connectivity index (χ4n) is 2.95. The van der Waals surface area contributed by atoms with E-state index in [-0.39, 0.29) is 23.0 Å². The average Bonchev–Trinajstić information content (AvgIpc) is 3.08. The van der Waals surface area contributed by atoms with Gasteiger partial charge in [0.15, 0.2) is 5.69 Å². The Bertz CT molecular complexity index is 887. The summed E-state index contributed by atoms with van der Waals surface area (Å²) in [5, 5.41) is 3.48. The van der Waals surface area contributed by atoms with E-state index in [9.17, 15) is 9.59 Å². The Morgan fingerprint density at radius 2 is 2.15 bits per heavy atom. The van der Waals surface area contributed by atoms with Gasteiger partial charge in [-0.1, -0.05) is 17.7 Å². The lowest BCUT2D eigenvalue weighted by Crippen LogP contribution is -2.23. The van der Waals surface area contributed by atoms with Crippen molar-refractivity contribution < 1.29 is 19.1 Å². The molecule has 1 aliphatic heterocycles. The van der Waals surface area contributed by atoms with E-state index in [1.54, 1.807) is 17.0 Å². The number of aryl methyl sites for hydroxylation is 1. The van der Waals surface area contributed by atoms with Crippen molar-refractivity contribution in [1.29, 1.82) is 0 Å². The number of carbonyl (C=O) groups excluding carboxylic acids is 2. The van der Waals surface area contributed by atoms with Gasteiger partial charge in [0.1, 0.15) is 11.8 Å². The van der Waals surface area contributed by atoms with Gasteiger partial charge in [0.2, 0.25) is 0 Å². The predicted molar refractivity (Wildman–Crippen MR) is 102 cm³/mol. The van der Waals surface area contributed by atoms with Gasteiger partial charge in [-0.2, -0.15) is 0 Å². The first kappa shape index (κ1) is 19.0. The number of carbonyl (C=O) groups is 2. The fourth-order valence-corrected chi connectivity index (χ4v) is 3.09. The number of ether oxygens (including phenoxy) is 2. The van der Waals surface area contributed by atoms with Crippen molar-refractivity contribution in [2.24, 2.45) is 0 Å². The second kappa shape index (κ2) is 7.84. The Morgan fingerprint density at radius 1 is 1.37 bits per heavy atom. The topological polar surface area (TPSA) is 80.8 Å². The van der Waals surface area contributed by atoms with Crippen LogP contribution in [0.5, 0.6) is 0 Å². The van der Waals surface area contributed by atoms with Crippen LogP contribution in [0.15, 0.2) is 30.3 Å². The van der Waals surface area contributed by atoms with E-state index in [0.717, 1.165) is 16.8 Å². The van der Waals surface area contributed by atoms with Gasteiger partial charge < -0.3 is 14.8 Å². The number of anilines is 2. The molecule has 2 heterocycles. The molecule has 1 aromatic carbocycles. The largest absolute Gasteiger partial charge is 0.464 e. The van der Waals surface area contributed by atoms with Crippen molar-refractivity contribution in [2.75, 3.05) is 30.5 Å². The fraction of sp³-hybridized carbons (Fsp3) is 0.316. The molecule has 1 N–H and O–H groups in total. The van der Waals surface area contributed by atoms with Crippen LogP contribution in [-0.2, 0) is 9.47 Å². The first-order chi connectivity index (χ1) is 12.9. The summed E-state index contributed by atoms with van der Waals surface area (Å²) in [6, 6.07) is 9.01. The summed E-state index contributed by atoms with van der Waals surface area (Å²) in [7, 11) is 1.29. The number of methoxy groups -OCH3 is 1. The number of amides is 1. The second-order valence-electron chi connectivity index (χ2n) is 6.26. The second-order valence-corrected chi connectivity index (χ2v) is 6.64. The quantitative estimate of drug-likeness (QED) is 0.615. The number of nitrogens with one attached hydrogen (secondary N) is 1. The maximum atomic E-state index is 12.0. The van der Waals surface area contributed by atoms with Crippen molar-refractivity contribution in [1.82, 2.24) is 4.98 Å². The Hall–Kier alpha value is -2.80. The van der Waals surface area contributed by atoms with Gasteiger partial charge in [-0.05, 0) is 49.2 Å². The van der Waals surface area contributed by atoms with E-state index in [0.29, 0.717) is 18.8 Å². The third-order valence-corrected chi connectivity index (χ3v) is 4.48. The highest BCUT2D eigenvalue weighted by molar-refractivity contribution is 6.29. The molecule has 8 heteroatoms. The lowest BCUT2D eigenvalue weighted by molar-refractivity contribution is 0.0595. The van der Waals surface area contributed by atoms with E-state index in [1.807, 2.05) is 32.0 Å². The summed E-state index contributed by atoms with van der Waals surface area (Å²) in [6.07, 6.45) is -0.345. The molecule has 1 aromatic heterocycles. The van der Waals surface area contributed by atoms with E-state index >= 15 is 0 Å². The van der Waals surface area contributed by atoms with Crippen LogP contribution in [0, 0.1) is 6.92 Å². The summed E-state index contributed by atoms with van der Waals surface area (Å²) in [5.74, 6) is -0.572. The Labute approximate surface area is 162 Å². The summed E-state index contributed by atoms with van der Waals surface area (Å²) < 4.78 is 9.80. The van der Waals surface area contributed by atoms with Crippen LogP contribution in [0.2, 0.25) is 5.15 Å². The highest BCUT2D eigenvalue weighted by Gasteiger charge is 2.24. The molecule has 0 radical (unpaired) electrons. The summed E-state index contributed by atoms with van der Waals surface area (Å²) in [4.78, 5) is 29.5. The van der Waals surface area contributed by atoms with Crippen molar-refractivity contribution in [3.63, 3.8) is 0 Å². The van der Waals surface area contributed by atoms with Gasteiger partial charge in [0.25, 0.3) is 0 Å². The van der Waals surface area contributed by atoms with E-state index in [1.165, 1.54) is 7.11 Å². The molecule has 7 nitrogen and oxygen atoms in total. The molecule has 27 heavy (non-hydrogen) atoms. The number of benzene rings is 1. The zero-order valence-corrected chi connectivity index (χ0v) is 16.0. The molecule has 0 spiro atoms. The molecule has 1 amide bonds. The lowest BCUT2D eigenvalue weighted by Gasteiger charge is -2.21. The van der Waals surface area contributed by atoms with Gasteiger partial charge in [0, 0.05) is 11.7 Å². The van der Waals surface area contributed by atoms with Gasteiger partial charge in [-0.25, -0.2) is 14.6 Å². The summed E-state index contributed by atoms with van der Waals surface area (Å²) in [5.41, 5.74) is 3.38. The minimum Gasteiger partial charge on any atom is -0.464 e. The number of hydrogen-bond acceptors (Lipinski definition) is 6. The highest BCUT2D eigenvalue weighted by atomic mass is 35.5. The minimum atomic E-state index is -0.572. The van der Waals surface area contributed by atoms with E-state index in [2.05, 4.69) is 10.3 Å². The molecule has 0 aliphatic carbocycles. The highest BCUT2D eigenvalue weighted by Crippen LogP contribution is 2.28. The minimum absolute atomic E-state index is 0.118. The van der Waals surface area contributed by atoms with Gasteiger partial charge in [0.05, 0.1) is 19.3 Å². The monoisotopic (exact) mass is 389 g/mol. The number of halogens is 1. The molecule has 0 bridgehead atoms. The maximum Gasteiger partial charge on any atom is 0.414 e. The SMILES string of the molecule is COC(=O)c1nc(Cl)ccc1NC(C)c1cc(C)cc(N2CCOC2=O)c1. The molecule has 3 rings (SSSR count). The zero-order chi connectivity index (χ0) is 19.6. The molecule has 1 saturated heterocycles. The molecule has 1 fully saturated rings. The smallest absolute Gasteiger partial charge is 0.414 e. The third kappa shape index (κ3) is 4.14. The van der Waals surface area contributed by atoms with Crippen molar-refractivity contribution in [3.05, 3.63) is 52.3 Å². The first-order valence-electron chi connectivity index (χ1n) is 8.46. The first-order valence-corrected chi connectivity index (χ1v) is 8.84. The molecule has 0 saturated carbocycles. The van der Waals surface area contributed by atoms with Crippen LogP contribution >= 0.6 is 11.6 Å². The van der Waals surface area contributed by atoms with E-state index < -0.39 is 5.97 Å². The number of cyclic esters (lactones) is 1. The van der Waals surface area contributed by atoms with Crippen LogP contribution in [0.3, 0.4) is 0 Å². The number of pyridine rings is 1. The molecule has 2 aromatic rings. The third-order valence-electron chi connectivity index (χ3n) is 4.27.